The second kappa shape index (κ2) is 5.77. The number of rotatable bonds is 3. The summed E-state index contributed by atoms with van der Waals surface area (Å²) in [5.74, 6) is 0.761. The highest BCUT2D eigenvalue weighted by atomic mass is 79.9. The molecule has 3 aromatic rings. The van der Waals surface area contributed by atoms with Crippen molar-refractivity contribution >= 4 is 33.1 Å². The molecule has 0 radical (unpaired) electrons. The minimum absolute atomic E-state index is 0.761. The molecule has 0 aliphatic rings. The SMILES string of the molecule is CCc1ccccc1N=Nc1c(C)nc2ccc(Br)cn12. The minimum Gasteiger partial charge on any atom is -0.282 e. The number of hydrogen-bond acceptors (Lipinski definition) is 3. The molecule has 5 heteroatoms. The smallest absolute Gasteiger partial charge is 0.182 e. The van der Waals surface area contributed by atoms with Crippen LogP contribution in [0, 0.1) is 6.92 Å². The van der Waals surface area contributed by atoms with Crippen LogP contribution < -0.4 is 0 Å². The molecule has 0 aliphatic heterocycles. The van der Waals surface area contributed by atoms with Crippen LogP contribution in [0.4, 0.5) is 11.5 Å². The molecule has 0 N–H and O–H groups in total. The van der Waals surface area contributed by atoms with Crippen LogP contribution in [0.2, 0.25) is 0 Å². The van der Waals surface area contributed by atoms with Gasteiger partial charge in [0.2, 0.25) is 0 Å². The predicted molar refractivity (Wildman–Crippen MR) is 87.6 cm³/mol. The van der Waals surface area contributed by atoms with Crippen molar-refractivity contribution in [1.29, 1.82) is 0 Å². The molecule has 1 aromatic carbocycles. The summed E-state index contributed by atoms with van der Waals surface area (Å²) in [7, 11) is 0. The van der Waals surface area contributed by atoms with Gasteiger partial charge in [-0.25, -0.2) is 4.98 Å². The van der Waals surface area contributed by atoms with Gasteiger partial charge < -0.3 is 0 Å². The number of aryl methyl sites for hydroxylation is 2. The Labute approximate surface area is 131 Å². The number of nitrogens with zero attached hydrogens (tertiary/aromatic N) is 4. The molecule has 0 spiro atoms. The number of fused-ring (bicyclic) bond motifs is 1. The summed E-state index contributed by atoms with van der Waals surface area (Å²) >= 11 is 3.47. The molecule has 0 fully saturated rings. The summed E-state index contributed by atoms with van der Waals surface area (Å²) in [6.07, 6.45) is 2.89. The van der Waals surface area contributed by atoms with Gasteiger partial charge in [-0.2, -0.15) is 0 Å². The summed E-state index contributed by atoms with van der Waals surface area (Å²) < 4.78 is 2.93. The number of hydrogen-bond donors (Lipinski definition) is 0. The normalized spacial score (nSPS) is 11.6. The molecule has 2 aromatic heterocycles. The van der Waals surface area contributed by atoms with E-state index < -0.39 is 0 Å². The molecule has 0 saturated heterocycles. The Morgan fingerprint density at radius 2 is 1.95 bits per heavy atom. The lowest BCUT2D eigenvalue weighted by atomic mass is 10.1. The van der Waals surface area contributed by atoms with Crippen LogP contribution >= 0.6 is 15.9 Å². The van der Waals surface area contributed by atoms with Gasteiger partial charge in [-0.3, -0.25) is 4.40 Å². The average molecular weight is 343 g/mol. The van der Waals surface area contributed by atoms with E-state index >= 15 is 0 Å². The van der Waals surface area contributed by atoms with Crippen molar-refractivity contribution < 1.29 is 0 Å². The molecule has 0 saturated carbocycles. The fourth-order valence-electron chi connectivity index (χ4n) is 2.25. The molecule has 106 valence electrons. The number of pyridine rings is 1. The quantitative estimate of drug-likeness (QED) is 0.589. The van der Waals surface area contributed by atoms with Crippen molar-refractivity contribution in [3.05, 3.63) is 58.3 Å². The van der Waals surface area contributed by atoms with Gasteiger partial charge >= 0.3 is 0 Å². The molecule has 0 atom stereocenters. The summed E-state index contributed by atoms with van der Waals surface area (Å²) in [6.45, 7) is 4.06. The van der Waals surface area contributed by atoms with Crippen LogP contribution in [0.5, 0.6) is 0 Å². The Morgan fingerprint density at radius 1 is 1.14 bits per heavy atom. The van der Waals surface area contributed by atoms with E-state index in [1.165, 1.54) is 5.56 Å². The van der Waals surface area contributed by atoms with Crippen molar-refractivity contribution in [1.82, 2.24) is 9.38 Å². The molecule has 4 nitrogen and oxygen atoms in total. The first kappa shape index (κ1) is 13.9. The van der Waals surface area contributed by atoms with Gasteiger partial charge in [0.05, 0.1) is 11.4 Å². The van der Waals surface area contributed by atoms with Crippen LogP contribution in [0.1, 0.15) is 18.2 Å². The van der Waals surface area contributed by atoms with Gasteiger partial charge in [-0.1, -0.05) is 25.1 Å². The van der Waals surface area contributed by atoms with E-state index in [1.54, 1.807) is 0 Å². The first-order valence-electron chi connectivity index (χ1n) is 6.83. The average Bonchev–Trinajstić information content (AvgIpc) is 2.80. The lowest BCUT2D eigenvalue weighted by molar-refractivity contribution is 1.06. The van der Waals surface area contributed by atoms with Crippen LogP contribution in [0.3, 0.4) is 0 Å². The Hall–Kier alpha value is -2.01. The lowest BCUT2D eigenvalue weighted by Gasteiger charge is -2.01. The monoisotopic (exact) mass is 342 g/mol. The topological polar surface area (TPSA) is 42.0 Å². The molecular formula is C16H15BrN4. The Morgan fingerprint density at radius 3 is 2.76 bits per heavy atom. The second-order valence-electron chi connectivity index (χ2n) is 4.78. The van der Waals surface area contributed by atoms with Gasteiger partial charge in [-0.15, -0.1) is 10.2 Å². The van der Waals surface area contributed by atoms with Crippen molar-refractivity contribution in [3.8, 4) is 0 Å². The van der Waals surface area contributed by atoms with E-state index in [-0.39, 0.29) is 0 Å². The molecule has 0 unspecified atom stereocenters. The van der Waals surface area contributed by atoms with Crippen molar-refractivity contribution in [2.45, 2.75) is 20.3 Å². The standard InChI is InChI=1S/C16H15BrN4/c1-3-12-6-4-5-7-14(12)19-20-16-11(2)18-15-9-8-13(17)10-21(15)16/h4-10H,3H2,1-2H3. The maximum atomic E-state index is 4.50. The number of benzene rings is 1. The van der Waals surface area contributed by atoms with E-state index in [0.29, 0.717) is 0 Å². The highest BCUT2D eigenvalue weighted by molar-refractivity contribution is 9.10. The molecule has 0 bridgehead atoms. The number of aromatic nitrogens is 2. The zero-order valence-electron chi connectivity index (χ0n) is 11.9. The maximum Gasteiger partial charge on any atom is 0.182 e. The second-order valence-corrected chi connectivity index (χ2v) is 5.69. The molecule has 0 aliphatic carbocycles. The Balaban J connectivity index is 2.07. The number of imidazole rings is 1. The molecule has 2 heterocycles. The summed E-state index contributed by atoms with van der Waals surface area (Å²) in [5.41, 5.74) is 3.83. The van der Waals surface area contributed by atoms with Crippen molar-refractivity contribution in [3.63, 3.8) is 0 Å². The Kier molecular flexibility index (Phi) is 3.84. The summed E-state index contributed by atoms with van der Waals surface area (Å²) in [6, 6.07) is 12.0. The van der Waals surface area contributed by atoms with E-state index in [9.17, 15) is 0 Å². The predicted octanol–water partition coefficient (Wildman–Crippen LogP) is 5.38. The van der Waals surface area contributed by atoms with Crippen LogP contribution in [0.15, 0.2) is 57.3 Å². The first-order chi connectivity index (χ1) is 10.2. The molecule has 21 heavy (non-hydrogen) atoms. The van der Waals surface area contributed by atoms with E-state index in [2.05, 4.69) is 44.1 Å². The van der Waals surface area contributed by atoms with E-state index in [4.69, 9.17) is 0 Å². The number of halogens is 1. The Bertz CT molecular complexity index is 820. The maximum absolute atomic E-state index is 4.50. The third kappa shape index (κ3) is 2.74. The van der Waals surface area contributed by atoms with Gasteiger partial charge in [-0.05, 0) is 53.0 Å². The first-order valence-corrected chi connectivity index (χ1v) is 7.62. The van der Waals surface area contributed by atoms with Crippen molar-refractivity contribution in [2.24, 2.45) is 10.2 Å². The van der Waals surface area contributed by atoms with Crippen LogP contribution in [0.25, 0.3) is 5.65 Å². The number of azo groups is 1. The molecule has 3 rings (SSSR count). The van der Waals surface area contributed by atoms with Crippen LogP contribution in [-0.2, 0) is 6.42 Å². The van der Waals surface area contributed by atoms with E-state index in [0.717, 1.165) is 33.7 Å². The zero-order valence-corrected chi connectivity index (χ0v) is 13.5. The molecule has 0 amide bonds. The fraction of sp³-hybridized carbons (Fsp3) is 0.188. The lowest BCUT2D eigenvalue weighted by Crippen LogP contribution is -1.83. The third-order valence-corrected chi connectivity index (χ3v) is 3.82. The minimum atomic E-state index is 0.761. The van der Waals surface area contributed by atoms with Gasteiger partial charge in [0.15, 0.2) is 5.82 Å². The zero-order chi connectivity index (χ0) is 14.8. The largest absolute Gasteiger partial charge is 0.282 e. The summed E-state index contributed by atoms with van der Waals surface area (Å²) in [4.78, 5) is 4.50. The third-order valence-electron chi connectivity index (χ3n) is 3.35. The highest BCUT2D eigenvalue weighted by Crippen LogP contribution is 2.26. The van der Waals surface area contributed by atoms with Gasteiger partial charge in [0.25, 0.3) is 0 Å². The highest BCUT2D eigenvalue weighted by Gasteiger charge is 2.08. The van der Waals surface area contributed by atoms with Gasteiger partial charge in [0.1, 0.15) is 5.65 Å². The fourth-order valence-corrected chi connectivity index (χ4v) is 2.59. The molecular weight excluding hydrogens is 328 g/mol. The van der Waals surface area contributed by atoms with Crippen molar-refractivity contribution in [2.75, 3.05) is 0 Å². The van der Waals surface area contributed by atoms with Gasteiger partial charge in [0, 0.05) is 10.7 Å². The van der Waals surface area contributed by atoms with Crippen LogP contribution in [-0.4, -0.2) is 9.38 Å². The summed E-state index contributed by atoms with van der Waals surface area (Å²) in [5, 5.41) is 8.83. The van der Waals surface area contributed by atoms with E-state index in [1.807, 2.05) is 47.9 Å².